The lowest BCUT2D eigenvalue weighted by Crippen LogP contribution is -2.41. The second-order valence-electron chi connectivity index (χ2n) is 5.19. The molecule has 4 heteroatoms. The van der Waals surface area contributed by atoms with Crippen LogP contribution in [-0.4, -0.2) is 48.2 Å². The number of rotatable bonds is 9. The Balaban J connectivity index is 2.26. The highest BCUT2D eigenvalue weighted by Crippen LogP contribution is 2.34. The van der Waals surface area contributed by atoms with Crippen LogP contribution in [0.2, 0.25) is 0 Å². The van der Waals surface area contributed by atoms with Crippen LogP contribution in [0.15, 0.2) is 0 Å². The first-order valence-electron chi connectivity index (χ1n) is 6.72. The van der Waals surface area contributed by atoms with E-state index in [-0.39, 0.29) is 0 Å². The zero-order valence-electron chi connectivity index (χ0n) is 11.3. The van der Waals surface area contributed by atoms with E-state index in [1.54, 1.807) is 0 Å². The Morgan fingerprint density at radius 2 is 2.18 bits per heavy atom. The molecule has 0 spiro atoms. The fraction of sp³-hybridized carbons (Fsp3) is 0.923. The van der Waals surface area contributed by atoms with E-state index in [0.29, 0.717) is 12.5 Å². The third-order valence-electron chi connectivity index (χ3n) is 3.71. The first-order chi connectivity index (χ1) is 8.06. The molecule has 1 fully saturated rings. The number of nitrogens with zero attached hydrogens (tertiary/aromatic N) is 1. The van der Waals surface area contributed by atoms with E-state index in [1.807, 2.05) is 6.92 Å². The van der Waals surface area contributed by atoms with Gasteiger partial charge in [-0.15, -0.1) is 0 Å². The summed E-state index contributed by atoms with van der Waals surface area (Å²) in [5.41, 5.74) is 0. The molecule has 2 N–H and O–H groups in total. The van der Waals surface area contributed by atoms with Crippen LogP contribution in [0.5, 0.6) is 0 Å². The lowest BCUT2D eigenvalue weighted by atomic mass is 10.1. The van der Waals surface area contributed by atoms with Crippen molar-refractivity contribution >= 4 is 5.97 Å². The van der Waals surface area contributed by atoms with Crippen molar-refractivity contribution in [2.45, 2.75) is 51.6 Å². The quantitative estimate of drug-likeness (QED) is 0.644. The predicted octanol–water partition coefficient (Wildman–Crippen LogP) is 1.56. The predicted molar refractivity (Wildman–Crippen MR) is 69.2 cm³/mol. The third-order valence-corrected chi connectivity index (χ3v) is 3.71. The van der Waals surface area contributed by atoms with Crippen molar-refractivity contribution in [3.05, 3.63) is 0 Å². The van der Waals surface area contributed by atoms with Crippen molar-refractivity contribution < 1.29 is 9.90 Å². The average Bonchev–Trinajstić information content (AvgIpc) is 3.11. The number of hydrogen-bond acceptors (Lipinski definition) is 3. The molecule has 0 aromatic heterocycles. The second kappa shape index (κ2) is 6.97. The maximum absolute atomic E-state index is 11.1. The highest BCUT2D eigenvalue weighted by Gasteiger charge is 2.30. The monoisotopic (exact) mass is 242 g/mol. The molecule has 1 saturated carbocycles. The molecule has 1 rings (SSSR count). The van der Waals surface area contributed by atoms with Crippen molar-refractivity contribution in [2.75, 3.05) is 20.1 Å². The molecule has 0 radical (unpaired) electrons. The molecular formula is C13H26N2O2. The van der Waals surface area contributed by atoms with Gasteiger partial charge in [-0.25, -0.2) is 0 Å². The maximum Gasteiger partial charge on any atom is 0.320 e. The number of hydrogen-bond donors (Lipinski definition) is 2. The number of carbonyl (C=O) groups is 1. The van der Waals surface area contributed by atoms with Crippen LogP contribution >= 0.6 is 0 Å². The molecule has 0 aromatic carbocycles. The minimum absolute atomic E-state index is 0.399. The fourth-order valence-electron chi connectivity index (χ4n) is 2.11. The molecule has 0 amide bonds. The largest absolute Gasteiger partial charge is 0.480 e. The number of aliphatic carboxylic acids is 1. The summed E-state index contributed by atoms with van der Waals surface area (Å²) in [4.78, 5) is 13.3. The van der Waals surface area contributed by atoms with E-state index < -0.39 is 12.0 Å². The Bertz CT molecular complexity index is 242. The summed E-state index contributed by atoms with van der Waals surface area (Å²) >= 11 is 0. The van der Waals surface area contributed by atoms with Crippen LogP contribution in [0, 0.1) is 5.92 Å². The molecule has 0 aliphatic heterocycles. The van der Waals surface area contributed by atoms with E-state index in [0.717, 1.165) is 25.4 Å². The lowest BCUT2D eigenvalue weighted by Gasteiger charge is -2.26. The lowest BCUT2D eigenvalue weighted by molar-refractivity contribution is -0.139. The fourth-order valence-corrected chi connectivity index (χ4v) is 2.11. The van der Waals surface area contributed by atoms with Crippen LogP contribution in [0.4, 0.5) is 0 Å². The summed E-state index contributed by atoms with van der Waals surface area (Å²) in [6, 6.07) is 0.194. The Hall–Kier alpha value is -0.610. The van der Waals surface area contributed by atoms with Crippen LogP contribution in [0.1, 0.15) is 39.5 Å². The van der Waals surface area contributed by atoms with E-state index in [1.165, 1.54) is 12.8 Å². The Morgan fingerprint density at radius 1 is 1.53 bits per heavy atom. The SMILES string of the molecule is CCCNC(CCN(C)C(C)C1CC1)C(=O)O. The molecular weight excluding hydrogens is 216 g/mol. The van der Waals surface area contributed by atoms with Gasteiger partial charge in [-0.1, -0.05) is 6.92 Å². The van der Waals surface area contributed by atoms with Gasteiger partial charge < -0.3 is 15.3 Å². The molecule has 100 valence electrons. The smallest absolute Gasteiger partial charge is 0.320 e. The first kappa shape index (κ1) is 14.5. The van der Waals surface area contributed by atoms with E-state index >= 15 is 0 Å². The van der Waals surface area contributed by atoms with E-state index in [9.17, 15) is 4.79 Å². The minimum atomic E-state index is -0.731. The molecule has 0 saturated heterocycles. The van der Waals surface area contributed by atoms with Gasteiger partial charge in [0.05, 0.1) is 0 Å². The van der Waals surface area contributed by atoms with Crippen molar-refractivity contribution in [3.8, 4) is 0 Å². The standard InChI is InChI=1S/C13H26N2O2/c1-4-8-14-12(13(16)17)7-9-15(3)10(2)11-5-6-11/h10-12,14H,4-9H2,1-3H3,(H,16,17). The maximum atomic E-state index is 11.1. The van der Waals surface area contributed by atoms with Crippen LogP contribution in [-0.2, 0) is 4.79 Å². The van der Waals surface area contributed by atoms with E-state index in [4.69, 9.17) is 5.11 Å². The van der Waals surface area contributed by atoms with Crippen molar-refractivity contribution in [1.29, 1.82) is 0 Å². The van der Waals surface area contributed by atoms with Crippen LogP contribution in [0.3, 0.4) is 0 Å². The molecule has 0 bridgehead atoms. The molecule has 4 nitrogen and oxygen atoms in total. The van der Waals surface area contributed by atoms with E-state index in [2.05, 4.69) is 24.2 Å². The molecule has 0 aromatic rings. The molecule has 0 heterocycles. The highest BCUT2D eigenvalue weighted by molar-refractivity contribution is 5.73. The van der Waals surface area contributed by atoms with Gasteiger partial charge in [-0.3, -0.25) is 4.79 Å². The minimum Gasteiger partial charge on any atom is -0.480 e. The summed E-state index contributed by atoms with van der Waals surface area (Å²) in [6.07, 6.45) is 4.32. The first-order valence-corrected chi connectivity index (χ1v) is 6.72. The zero-order chi connectivity index (χ0) is 12.8. The highest BCUT2D eigenvalue weighted by atomic mass is 16.4. The van der Waals surface area contributed by atoms with Gasteiger partial charge in [0, 0.05) is 12.6 Å². The second-order valence-corrected chi connectivity index (χ2v) is 5.19. The topological polar surface area (TPSA) is 52.6 Å². The Labute approximate surface area is 104 Å². The summed E-state index contributed by atoms with van der Waals surface area (Å²) in [7, 11) is 2.10. The van der Waals surface area contributed by atoms with Gasteiger partial charge in [0.15, 0.2) is 0 Å². The average molecular weight is 242 g/mol. The van der Waals surface area contributed by atoms with Crippen molar-refractivity contribution in [2.24, 2.45) is 5.92 Å². The summed E-state index contributed by atoms with van der Waals surface area (Å²) in [5.74, 6) is 0.109. The number of carboxylic acids is 1. The zero-order valence-corrected chi connectivity index (χ0v) is 11.3. The molecule has 1 aliphatic carbocycles. The molecule has 1 aliphatic rings. The van der Waals surface area contributed by atoms with Gasteiger partial charge in [0.2, 0.25) is 0 Å². The van der Waals surface area contributed by atoms with Crippen molar-refractivity contribution in [1.82, 2.24) is 10.2 Å². The third kappa shape index (κ3) is 5.04. The summed E-state index contributed by atoms with van der Waals surface area (Å²) in [6.45, 7) is 5.92. The normalized spacial score (nSPS) is 19.3. The Kier molecular flexibility index (Phi) is 5.92. The van der Waals surface area contributed by atoms with Crippen molar-refractivity contribution in [3.63, 3.8) is 0 Å². The number of nitrogens with one attached hydrogen (secondary N) is 1. The molecule has 2 unspecified atom stereocenters. The van der Waals surface area contributed by atoms with Crippen LogP contribution in [0.25, 0.3) is 0 Å². The van der Waals surface area contributed by atoms with Gasteiger partial charge in [-0.2, -0.15) is 0 Å². The summed E-state index contributed by atoms with van der Waals surface area (Å²) in [5, 5.41) is 12.2. The van der Waals surface area contributed by atoms with Gasteiger partial charge in [0.25, 0.3) is 0 Å². The van der Waals surface area contributed by atoms with Gasteiger partial charge >= 0.3 is 5.97 Å². The Morgan fingerprint density at radius 3 is 2.65 bits per heavy atom. The number of carboxylic acid groups (broad SMARTS) is 1. The van der Waals surface area contributed by atoms with Gasteiger partial charge in [0.1, 0.15) is 6.04 Å². The molecule has 2 atom stereocenters. The summed E-state index contributed by atoms with van der Waals surface area (Å²) < 4.78 is 0. The molecule has 17 heavy (non-hydrogen) atoms. The van der Waals surface area contributed by atoms with Crippen LogP contribution < -0.4 is 5.32 Å². The van der Waals surface area contributed by atoms with Gasteiger partial charge in [-0.05, 0) is 52.1 Å².